The fourth-order valence-electron chi connectivity index (χ4n) is 3.60. The summed E-state index contributed by atoms with van der Waals surface area (Å²) < 4.78 is 11.6. The fraction of sp³-hybridized carbons (Fsp3) is 0.316. The van der Waals surface area contributed by atoms with Crippen molar-refractivity contribution in [1.29, 1.82) is 0 Å². The van der Waals surface area contributed by atoms with Crippen molar-refractivity contribution in [3.8, 4) is 5.75 Å². The van der Waals surface area contributed by atoms with Gasteiger partial charge in [0.15, 0.2) is 5.60 Å². The highest BCUT2D eigenvalue weighted by Crippen LogP contribution is 2.45. The van der Waals surface area contributed by atoms with Crippen LogP contribution in [0, 0.1) is 0 Å². The molecular weight excluding hydrogens is 290 g/mol. The largest absolute Gasteiger partial charge is 0.480 e. The van der Waals surface area contributed by atoms with E-state index in [4.69, 9.17) is 9.47 Å². The van der Waals surface area contributed by atoms with Crippen molar-refractivity contribution >= 4 is 6.09 Å². The van der Waals surface area contributed by atoms with E-state index in [-0.39, 0.29) is 6.09 Å². The molecular formula is C19H19NO3. The van der Waals surface area contributed by atoms with Gasteiger partial charge in [0.05, 0.1) is 13.2 Å². The van der Waals surface area contributed by atoms with E-state index in [1.165, 1.54) is 11.1 Å². The van der Waals surface area contributed by atoms with Crippen LogP contribution in [0.15, 0.2) is 59.8 Å². The van der Waals surface area contributed by atoms with Gasteiger partial charge in [-0.25, -0.2) is 4.79 Å². The van der Waals surface area contributed by atoms with Crippen LogP contribution in [0.25, 0.3) is 0 Å². The minimum atomic E-state index is -0.509. The van der Waals surface area contributed by atoms with Crippen LogP contribution in [0.1, 0.15) is 18.9 Å². The van der Waals surface area contributed by atoms with E-state index < -0.39 is 5.60 Å². The molecule has 1 amide bonds. The van der Waals surface area contributed by atoms with Crippen LogP contribution < -0.4 is 4.74 Å². The van der Waals surface area contributed by atoms with Gasteiger partial charge in [0.1, 0.15) is 5.75 Å². The zero-order valence-electron chi connectivity index (χ0n) is 13.1. The van der Waals surface area contributed by atoms with Crippen molar-refractivity contribution in [3.05, 3.63) is 65.4 Å². The van der Waals surface area contributed by atoms with Crippen LogP contribution in [0.5, 0.6) is 5.75 Å². The molecule has 1 spiro atoms. The monoisotopic (exact) mass is 309 g/mol. The Morgan fingerprint density at radius 3 is 3.09 bits per heavy atom. The summed E-state index contributed by atoms with van der Waals surface area (Å²) in [7, 11) is 0. The average molecular weight is 309 g/mol. The number of rotatable bonds is 1. The third kappa shape index (κ3) is 2.25. The molecule has 118 valence electrons. The number of ether oxygens (including phenoxy) is 2. The predicted molar refractivity (Wildman–Crippen MR) is 87.2 cm³/mol. The fourth-order valence-corrected chi connectivity index (χ4v) is 3.60. The Balaban J connectivity index is 1.74. The van der Waals surface area contributed by atoms with Crippen LogP contribution in [-0.4, -0.2) is 29.7 Å². The van der Waals surface area contributed by atoms with Gasteiger partial charge in [-0.3, -0.25) is 4.90 Å². The third-order valence-electron chi connectivity index (χ3n) is 4.57. The molecule has 0 fully saturated rings. The van der Waals surface area contributed by atoms with Crippen molar-refractivity contribution in [2.45, 2.75) is 25.4 Å². The second-order valence-corrected chi connectivity index (χ2v) is 6.07. The number of nitrogens with zero attached hydrogens (tertiary/aromatic N) is 1. The number of para-hydroxylation sites is 1. The molecule has 2 heterocycles. The van der Waals surface area contributed by atoms with E-state index in [0.29, 0.717) is 13.2 Å². The molecule has 0 saturated heterocycles. The maximum Gasteiger partial charge on any atom is 0.413 e. The molecule has 4 heteroatoms. The Morgan fingerprint density at radius 1 is 1.39 bits per heavy atom. The summed E-state index contributed by atoms with van der Waals surface area (Å²) in [5, 5.41) is 0. The van der Waals surface area contributed by atoms with Crippen molar-refractivity contribution in [3.63, 3.8) is 0 Å². The first-order valence-corrected chi connectivity index (χ1v) is 8.00. The summed E-state index contributed by atoms with van der Waals surface area (Å²) in [6.07, 6.45) is 9.46. The average Bonchev–Trinajstić information content (AvgIpc) is 2.93. The molecule has 4 nitrogen and oxygen atoms in total. The minimum absolute atomic E-state index is 0.312. The van der Waals surface area contributed by atoms with Gasteiger partial charge in [-0.15, -0.1) is 0 Å². The molecule has 0 saturated carbocycles. The molecule has 1 unspecified atom stereocenters. The van der Waals surface area contributed by atoms with Crippen LogP contribution in [0.4, 0.5) is 4.79 Å². The standard InChI is InChI=1S/C19H19NO3/c1-2-22-18(21)20-12-15-8-3-5-9-16(15)19(13-20)11-14-7-4-6-10-17(14)23-19/h3-7,9-10,12H,2,8,11,13H2,1H3. The van der Waals surface area contributed by atoms with E-state index in [1.807, 2.05) is 31.3 Å². The van der Waals surface area contributed by atoms with Crippen LogP contribution in [-0.2, 0) is 11.2 Å². The highest BCUT2D eigenvalue weighted by molar-refractivity contribution is 5.71. The number of hydrogen-bond donors (Lipinski definition) is 0. The van der Waals surface area contributed by atoms with Crippen LogP contribution >= 0.6 is 0 Å². The lowest BCUT2D eigenvalue weighted by molar-refractivity contribution is 0.0694. The Morgan fingerprint density at radius 2 is 2.26 bits per heavy atom. The summed E-state index contributed by atoms with van der Waals surface area (Å²) in [6, 6.07) is 8.10. The first-order chi connectivity index (χ1) is 11.2. The van der Waals surface area contributed by atoms with Gasteiger partial charge in [-0.05, 0) is 30.5 Å². The van der Waals surface area contributed by atoms with Crippen molar-refractivity contribution in [1.82, 2.24) is 4.90 Å². The number of allylic oxidation sites excluding steroid dienone is 3. The Kier molecular flexibility index (Phi) is 3.26. The molecule has 1 aromatic carbocycles. The first kappa shape index (κ1) is 14.1. The third-order valence-corrected chi connectivity index (χ3v) is 4.57. The van der Waals surface area contributed by atoms with Gasteiger partial charge in [0, 0.05) is 18.2 Å². The first-order valence-electron chi connectivity index (χ1n) is 8.00. The highest BCUT2D eigenvalue weighted by Gasteiger charge is 2.48. The van der Waals surface area contributed by atoms with E-state index in [1.54, 1.807) is 4.90 Å². The molecule has 0 bridgehead atoms. The Hall–Kier alpha value is -2.49. The van der Waals surface area contributed by atoms with Gasteiger partial charge >= 0.3 is 6.09 Å². The molecule has 1 aromatic rings. The number of hydrogen-bond acceptors (Lipinski definition) is 3. The number of amides is 1. The van der Waals surface area contributed by atoms with Crippen molar-refractivity contribution in [2.75, 3.05) is 13.2 Å². The smallest absolute Gasteiger partial charge is 0.413 e. The summed E-state index contributed by atoms with van der Waals surface area (Å²) in [4.78, 5) is 13.9. The molecule has 3 aliphatic rings. The van der Waals surface area contributed by atoms with Crippen LogP contribution in [0.2, 0.25) is 0 Å². The lowest BCUT2D eigenvalue weighted by Crippen LogP contribution is -2.52. The Bertz CT molecular complexity index is 720. The van der Waals surface area contributed by atoms with Gasteiger partial charge in [0.2, 0.25) is 0 Å². The Labute approximate surface area is 135 Å². The van der Waals surface area contributed by atoms with Crippen molar-refractivity contribution < 1.29 is 14.3 Å². The maximum atomic E-state index is 12.3. The summed E-state index contributed by atoms with van der Waals surface area (Å²) in [5.41, 5.74) is 2.98. The molecule has 1 atom stereocenters. The summed E-state index contributed by atoms with van der Waals surface area (Å²) in [6.45, 7) is 2.67. The molecule has 0 aromatic heterocycles. The molecule has 0 radical (unpaired) electrons. The van der Waals surface area contributed by atoms with Gasteiger partial charge < -0.3 is 9.47 Å². The number of fused-ring (bicyclic) bond motifs is 3. The van der Waals surface area contributed by atoms with Gasteiger partial charge in [-0.1, -0.05) is 36.4 Å². The quantitative estimate of drug-likeness (QED) is 0.795. The second-order valence-electron chi connectivity index (χ2n) is 6.07. The zero-order chi connectivity index (χ0) is 15.9. The number of carbonyl (C=O) groups is 1. The highest BCUT2D eigenvalue weighted by atomic mass is 16.6. The summed E-state index contributed by atoms with van der Waals surface area (Å²) >= 11 is 0. The SMILES string of the molecule is CCOC(=O)N1C=C2CC=CC=C2C2(Cc3ccccc3O2)C1. The zero-order valence-corrected chi connectivity index (χ0v) is 13.1. The number of carbonyl (C=O) groups excluding carboxylic acids is 1. The molecule has 2 aliphatic heterocycles. The molecule has 23 heavy (non-hydrogen) atoms. The van der Waals surface area contributed by atoms with E-state index in [0.717, 1.165) is 24.2 Å². The molecule has 0 N–H and O–H groups in total. The van der Waals surface area contributed by atoms with Gasteiger partial charge in [0.25, 0.3) is 0 Å². The van der Waals surface area contributed by atoms with E-state index in [2.05, 4.69) is 24.3 Å². The normalized spacial score (nSPS) is 24.5. The van der Waals surface area contributed by atoms with Crippen molar-refractivity contribution in [2.24, 2.45) is 0 Å². The predicted octanol–water partition coefficient (Wildman–Crippen LogP) is 3.60. The lowest BCUT2D eigenvalue weighted by Gasteiger charge is -2.40. The summed E-state index contributed by atoms with van der Waals surface area (Å²) in [5.74, 6) is 0.910. The molecule has 4 rings (SSSR count). The van der Waals surface area contributed by atoms with E-state index in [9.17, 15) is 4.79 Å². The topological polar surface area (TPSA) is 38.8 Å². The number of benzene rings is 1. The maximum absolute atomic E-state index is 12.3. The molecule has 1 aliphatic carbocycles. The second kappa shape index (κ2) is 5.30. The van der Waals surface area contributed by atoms with Crippen LogP contribution in [0.3, 0.4) is 0 Å². The van der Waals surface area contributed by atoms with E-state index >= 15 is 0 Å². The van der Waals surface area contributed by atoms with Gasteiger partial charge in [-0.2, -0.15) is 0 Å². The lowest BCUT2D eigenvalue weighted by atomic mass is 9.79. The minimum Gasteiger partial charge on any atom is -0.480 e.